The van der Waals surface area contributed by atoms with Crippen molar-refractivity contribution in [1.82, 2.24) is 0 Å². The van der Waals surface area contributed by atoms with Gasteiger partial charge >= 0.3 is 0 Å². The van der Waals surface area contributed by atoms with Gasteiger partial charge in [-0.05, 0) is 19.1 Å². The molecule has 0 unspecified atom stereocenters. The summed E-state index contributed by atoms with van der Waals surface area (Å²) in [5.74, 6) is -1.29. The number of aromatic hydroxyl groups is 1. The third-order valence-electron chi connectivity index (χ3n) is 1.74. The largest absolute Gasteiger partial charge is 0.505 e. The Balaban J connectivity index is 3.43. The standard InChI is InChI=1S/C9H9FN2O/c1-5(12)8-6(4-11)2-3-7(10)9(8)13/h2-3,5,13H,12H2,1H3/t5-/m1/s1. The van der Waals surface area contributed by atoms with Crippen molar-refractivity contribution in [3.63, 3.8) is 0 Å². The SMILES string of the molecule is C[C@@H](N)c1c(C#N)ccc(F)c1O. The van der Waals surface area contributed by atoms with Crippen molar-refractivity contribution in [1.29, 1.82) is 5.26 Å². The van der Waals surface area contributed by atoms with Gasteiger partial charge in [0.05, 0.1) is 11.6 Å². The first-order valence-corrected chi connectivity index (χ1v) is 3.75. The molecule has 0 aromatic heterocycles. The van der Waals surface area contributed by atoms with Crippen molar-refractivity contribution >= 4 is 0 Å². The van der Waals surface area contributed by atoms with E-state index in [9.17, 15) is 9.50 Å². The van der Waals surface area contributed by atoms with Crippen LogP contribution in [0.15, 0.2) is 12.1 Å². The van der Waals surface area contributed by atoms with Crippen LogP contribution in [0, 0.1) is 17.1 Å². The quantitative estimate of drug-likeness (QED) is 0.686. The number of phenols is 1. The second-order valence-electron chi connectivity index (χ2n) is 2.76. The van der Waals surface area contributed by atoms with E-state index in [-0.39, 0.29) is 11.1 Å². The Morgan fingerprint density at radius 1 is 1.62 bits per heavy atom. The maximum Gasteiger partial charge on any atom is 0.165 e. The molecule has 0 radical (unpaired) electrons. The van der Waals surface area contributed by atoms with Gasteiger partial charge in [-0.25, -0.2) is 4.39 Å². The normalized spacial score (nSPS) is 12.2. The number of nitriles is 1. The third-order valence-corrected chi connectivity index (χ3v) is 1.74. The van der Waals surface area contributed by atoms with Crippen molar-refractivity contribution < 1.29 is 9.50 Å². The molecule has 0 saturated carbocycles. The minimum absolute atomic E-state index is 0.155. The van der Waals surface area contributed by atoms with Gasteiger partial charge in [0.15, 0.2) is 11.6 Å². The molecule has 3 nitrogen and oxygen atoms in total. The highest BCUT2D eigenvalue weighted by atomic mass is 19.1. The van der Waals surface area contributed by atoms with Crippen molar-refractivity contribution in [3.8, 4) is 11.8 Å². The zero-order valence-corrected chi connectivity index (χ0v) is 7.08. The summed E-state index contributed by atoms with van der Waals surface area (Å²) < 4.78 is 12.8. The lowest BCUT2D eigenvalue weighted by Crippen LogP contribution is -2.08. The predicted molar refractivity (Wildman–Crippen MR) is 45.4 cm³/mol. The number of benzene rings is 1. The first kappa shape index (κ1) is 9.49. The average molecular weight is 180 g/mol. The molecule has 0 spiro atoms. The van der Waals surface area contributed by atoms with Crippen LogP contribution in [0.1, 0.15) is 24.1 Å². The van der Waals surface area contributed by atoms with Gasteiger partial charge in [-0.3, -0.25) is 0 Å². The Hall–Kier alpha value is -1.60. The third kappa shape index (κ3) is 1.60. The van der Waals surface area contributed by atoms with E-state index in [1.165, 1.54) is 6.07 Å². The molecule has 1 rings (SSSR count). The lowest BCUT2D eigenvalue weighted by Gasteiger charge is -2.10. The Morgan fingerprint density at radius 2 is 2.23 bits per heavy atom. The fourth-order valence-electron chi connectivity index (χ4n) is 1.14. The van der Waals surface area contributed by atoms with Crippen molar-refractivity contribution in [2.24, 2.45) is 5.73 Å². The van der Waals surface area contributed by atoms with Gasteiger partial charge in [0.1, 0.15) is 0 Å². The summed E-state index contributed by atoms with van der Waals surface area (Å²) in [6.07, 6.45) is 0. The van der Waals surface area contributed by atoms with Crippen LogP contribution in [0.25, 0.3) is 0 Å². The van der Waals surface area contributed by atoms with Gasteiger partial charge in [-0.2, -0.15) is 5.26 Å². The lowest BCUT2D eigenvalue weighted by atomic mass is 10.0. The molecule has 1 aromatic carbocycles. The van der Waals surface area contributed by atoms with Crippen molar-refractivity contribution in [2.75, 3.05) is 0 Å². The van der Waals surface area contributed by atoms with E-state index in [4.69, 9.17) is 11.0 Å². The van der Waals surface area contributed by atoms with Crippen molar-refractivity contribution in [3.05, 3.63) is 29.1 Å². The number of phenolic OH excluding ortho intramolecular Hbond substituents is 1. The molecule has 0 heterocycles. The minimum atomic E-state index is -0.758. The fraction of sp³-hybridized carbons (Fsp3) is 0.222. The molecule has 68 valence electrons. The molecule has 0 aliphatic heterocycles. The van der Waals surface area contributed by atoms with Crippen LogP contribution >= 0.6 is 0 Å². The van der Waals surface area contributed by atoms with E-state index in [1.54, 1.807) is 6.92 Å². The summed E-state index contributed by atoms with van der Waals surface area (Å²) in [4.78, 5) is 0. The van der Waals surface area contributed by atoms with Crippen LogP contribution in [-0.2, 0) is 0 Å². The highest BCUT2D eigenvalue weighted by molar-refractivity contribution is 5.48. The van der Waals surface area contributed by atoms with Gasteiger partial charge in [-0.1, -0.05) is 0 Å². The summed E-state index contributed by atoms with van der Waals surface area (Å²) >= 11 is 0. The molecule has 1 atom stereocenters. The molecule has 0 saturated heterocycles. The van der Waals surface area contributed by atoms with E-state index < -0.39 is 17.6 Å². The Kier molecular flexibility index (Phi) is 2.49. The summed E-state index contributed by atoms with van der Waals surface area (Å²) in [7, 11) is 0. The van der Waals surface area contributed by atoms with E-state index in [0.717, 1.165) is 6.07 Å². The molecule has 0 aliphatic rings. The molecule has 1 aromatic rings. The maximum absolute atomic E-state index is 12.8. The molecule has 0 bridgehead atoms. The van der Waals surface area contributed by atoms with Crippen LogP contribution in [0.3, 0.4) is 0 Å². The predicted octanol–water partition coefficient (Wildman–Crippen LogP) is 1.42. The smallest absolute Gasteiger partial charge is 0.165 e. The first-order valence-electron chi connectivity index (χ1n) is 3.75. The first-order chi connectivity index (χ1) is 6.07. The summed E-state index contributed by atoms with van der Waals surface area (Å²) in [6.45, 7) is 1.58. The Morgan fingerprint density at radius 3 is 2.69 bits per heavy atom. The number of halogens is 1. The van der Waals surface area contributed by atoms with E-state index in [0.29, 0.717) is 0 Å². The van der Waals surface area contributed by atoms with Gasteiger partial charge in [0.2, 0.25) is 0 Å². The minimum Gasteiger partial charge on any atom is -0.505 e. The zero-order chi connectivity index (χ0) is 10.0. The van der Waals surface area contributed by atoms with Gasteiger partial charge in [0.25, 0.3) is 0 Å². The molecule has 0 aliphatic carbocycles. The number of hydrogen-bond donors (Lipinski definition) is 2. The molecule has 0 fully saturated rings. The van der Waals surface area contributed by atoms with E-state index in [1.807, 2.05) is 6.07 Å². The van der Waals surface area contributed by atoms with Crippen LogP contribution < -0.4 is 5.73 Å². The molecular formula is C9H9FN2O. The number of rotatable bonds is 1. The van der Waals surface area contributed by atoms with Gasteiger partial charge in [-0.15, -0.1) is 0 Å². The van der Waals surface area contributed by atoms with E-state index >= 15 is 0 Å². The van der Waals surface area contributed by atoms with Crippen LogP contribution in [-0.4, -0.2) is 5.11 Å². The number of nitrogens with two attached hydrogens (primary N) is 1. The molecule has 4 heteroatoms. The highest BCUT2D eigenvalue weighted by Crippen LogP contribution is 2.28. The highest BCUT2D eigenvalue weighted by Gasteiger charge is 2.15. The fourth-order valence-corrected chi connectivity index (χ4v) is 1.14. The summed E-state index contributed by atoms with van der Waals surface area (Å²) in [5.41, 5.74) is 5.84. The monoisotopic (exact) mass is 180 g/mol. The molecule has 13 heavy (non-hydrogen) atoms. The lowest BCUT2D eigenvalue weighted by molar-refractivity contribution is 0.422. The summed E-state index contributed by atoms with van der Waals surface area (Å²) in [5, 5.41) is 17.9. The number of nitrogens with zero attached hydrogens (tertiary/aromatic N) is 1. The Bertz CT molecular complexity index is 369. The second kappa shape index (κ2) is 3.42. The van der Waals surface area contributed by atoms with Crippen molar-refractivity contribution in [2.45, 2.75) is 13.0 Å². The van der Waals surface area contributed by atoms with Gasteiger partial charge < -0.3 is 10.8 Å². The molecule has 0 amide bonds. The summed E-state index contributed by atoms with van der Waals surface area (Å²) in [6, 6.07) is 3.61. The zero-order valence-electron chi connectivity index (χ0n) is 7.08. The van der Waals surface area contributed by atoms with Crippen LogP contribution in [0.5, 0.6) is 5.75 Å². The topological polar surface area (TPSA) is 70.0 Å². The van der Waals surface area contributed by atoms with Gasteiger partial charge in [0, 0.05) is 11.6 Å². The van der Waals surface area contributed by atoms with Crippen LogP contribution in [0.2, 0.25) is 0 Å². The van der Waals surface area contributed by atoms with Crippen LogP contribution in [0.4, 0.5) is 4.39 Å². The molecule has 3 N–H and O–H groups in total. The maximum atomic E-state index is 12.8. The Labute approximate surface area is 75.2 Å². The van der Waals surface area contributed by atoms with E-state index in [2.05, 4.69) is 0 Å². The number of hydrogen-bond acceptors (Lipinski definition) is 3. The molecular weight excluding hydrogens is 171 g/mol. The second-order valence-corrected chi connectivity index (χ2v) is 2.76. The average Bonchev–Trinajstić information content (AvgIpc) is 2.08.